The molecule has 0 spiro atoms. The molecule has 1 fully saturated rings. The Morgan fingerprint density at radius 3 is 2.28 bits per heavy atom. The van der Waals surface area contributed by atoms with E-state index in [0.29, 0.717) is 31.9 Å². The summed E-state index contributed by atoms with van der Waals surface area (Å²) in [6, 6.07) is 17.6. The Kier molecular flexibility index (Phi) is 4.12. The molecule has 0 N–H and O–H groups in total. The highest BCUT2D eigenvalue weighted by Crippen LogP contribution is 2.32. The van der Waals surface area contributed by atoms with Crippen molar-refractivity contribution in [1.29, 1.82) is 0 Å². The average Bonchev–Trinajstić information content (AvgIpc) is 3.23. The third kappa shape index (κ3) is 3.16. The standard InChI is InChI=1S/C22H19F3N4/c23-22(24,25)16-5-3-6-17(15-16)27-11-13-28(14-12-27)21-20-9-4-10-29(20)19-8-2-1-7-18(19)26-21/h1-10,15H,11-14H2. The minimum atomic E-state index is -4.33. The third-order valence-electron chi connectivity index (χ3n) is 5.46. The molecular formula is C22H19F3N4. The zero-order valence-corrected chi connectivity index (χ0v) is 15.6. The molecule has 3 heterocycles. The number of hydrogen-bond acceptors (Lipinski definition) is 3. The van der Waals surface area contributed by atoms with E-state index >= 15 is 0 Å². The first-order chi connectivity index (χ1) is 14.0. The van der Waals surface area contributed by atoms with E-state index in [2.05, 4.69) is 9.30 Å². The average molecular weight is 396 g/mol. The molecule has 148 valence electrons. The van der Waals surface area contributed by atoms with E-state index in [1.807, 2.05) is 47.5 Å². The largest absolute Gasteiger partial charge is 0.416 e. The van der Waals surface area contributed by atoms with Crippen LogP contribution in [0.5, 0.6) is 0 Å². The Morgan fingerprint density at radius 2 is 1.48 bits per heavy atom. The zero-order chi connectivity index (χ0) is 20.0. The predicted octanol–water partition coefficient (Wildman–Crippen LogP) is 4.83. The van der Waals surface area contributed by atoms with Gasteiger partial charge in [0.1, 0.15) is 0 Å². The number of piperazine rings is 1. The second kappa shape index (κ2) is 6.69. The van der Waals surface area contributed by atoms with Crippen LogP contribution in [-0.4, -0.2) is 35.6 Å². The fourth-order valence-electron chi connectivity index (χ4n) is 4.00. The minimum Gasteiger partial charge on any atom is -0.368 e. The first-order valence-corrected chi connectivity index (χ1v) is 9.54. The van der Waals surface area contributed by atoms with Gasteiger partial charge in [-0.15, -0.1) is 0 Å². The molecule has 2 aromatic heterocycles. The van der Waals surface area contributed by atoms with Crippen molar-refractivity contribution in [1.82, 2.24) is 9.38 Å². The molecule has 1 aliphatic heterocycles. The number of fused-ring (bicyclic) bond motifs is 3. The normalized spacial score (nSPS) is 15.4. The van der Waals surface area contributed by atoms with E-state index in [-0.39, 0.29) is 0 Å². The summed E-state index contributed by atoms with van der Waals surface area (Å²) in [6.07, 6.45) is -2.30. The third-order valence-corrected chi connectivity index (χ3v) is 5.46. The van der Waals surface area contributed by atoms with Gasteiger partial charge >= 0.3 is 6.18 Å². The molecular weight excluding hydrogens is 377 g/mol. The summed E-state index contributed by atoms with van der Waals surface area (Å²) >= 11 is 0. The summed E-state index contributed by atoms with van der Waals surface area (Å²) in [6.45, 7) is 2.68. The van der Waals surface area contributed by atoms with Crippen molar-refractivity contribution >= 4 is 28.1 Å². The van der Waals surface area contributed by atoms with Gasteiger partial charge in [-0.25, -0.2) is 4.98 Å². The predicted molar refractivity (Wildman–Crippen MR) is 109 cm³/mol. The second-order valence-corrected chi connectivity index (χ2v) is 7.21. The fourth-order valence-corrected chi connectivity index (χ4v) is 4.00. The Labute approximate surface area is 165 Å². The SMILES string of the molecule is FC(F)(F)c1cccc(N2CCN(c3nc4ccccc4n4cccc34)CC2)c1. The first kappa shape index (κ1) is 17.8. The Bertz CT molecular complexity index is 1170. The van der Waals surface area contributed by atoms with Crippen LogP contribution in [0.4, 0.5) is 24.7 Å². The number of benzene rings is 2. The molecule has 4 nitrogen and oxygen atoms in total. The van der Waals surface area contributed by atoms with E-state index in [1.165, 1.54) is 12.1 Å². The molecule has 0 radical (unpaired) electrons. The molecule has 7 heteroatoms. The summed E-state index contributed by atoms with van der Waals surface area (Å²) in [5.41, 5.74) is 3.02. The van der Waals surface area contributed by atoms with Crippen molar-refractivity contribution in [2.24, 2.45) is 0 Å². The lowest BCUT2D eigenvalue weighted by molar-refractivity contribution is -0.137. The number of hydrogen-bond donors (Lipinski definition) is 0. The lowest BCUT2D eigenvalue weighted by atomic mass is 10.1. The van der Waals surface area contributed by atoms with E-state index in [4.69, 9.17) is 4.98 Å². The minimum absolute atomic E-state index is 0.608. The van der Waals surface area contributed by atoms with Crippen molar-refractivity contribution in [3.63, 3.8) is 0 Å². The fraction of sp³-hybridized carbons (Fsp3) is 0.227. The zero-order valence-electron chi connectivity index (χ0n) is 15.6. The highest BCUT2D eigenvalue weighted by atomic mass is 19.4. The Balaban J connectivity index is 1.42. The van der Waals surface area contributed by atoms with Crippen LogP contribution in [0.1, 0.15) is 5.56 Å². The smallest absolute Gasteiger partial charge is 0.368 e. The number of rotatable bonds is 2. The highest BCUT2D eigenvalue weighted by molar-refractivity contribution is 5.85. The van der Waals surface area contributed by atoms with Gasteiger partial charge < -0.3 is 14.2 Å². The lowest BCUT2D eigenvalue weighted by Gasteiger charge is -2.37. The molecule has 0 unspecified atom stereocenters. The van der Waals surface area contributed by atoms with Crippen LogP contribution in [0.3, 0.4) is 0 Å². The quantitative estimate of drug-likeness (QED) is 0.485. The molecule has 1 saturated heterocycles. The topological polar surface area (TPSA) is 23.8 Å². The van der Waals surface area contributed by atoms with Crippen LogP contribution in [0.15, 0.2) is 66.9 Å². The van der Waals surface area contributed by atoms with E-state index < -0.39 is 11.7 Å². The summed E-state index contributed by atoms with van der Waals surface area (Å²) in [4.78, 5) is 9.10. The monoisotopic (exact) mass is 396 g/mol. The maximum Gasteiger partial charge on any atom is 0.416 e. The molecule has 0 bridgehead atoms. The van der Waals surface area contributed by atoms with Gasteiger partial charge in [0.05, 0.1) is 22.1 Å². The maximum atomic E-state index is 13.0. The van der Waals surface area contributed by atoms with Crippen molar-refractivity contribution in [2.45, 2.75) is 6.18 Å². The van der Waals surface area contributed by atoms with Gasteiger partial charge in [-0.05, 0) is 42.5 Å². The summed E-state index contributed by atoms with van der Waals surface area (Å²) in [5, 5.41) is 0. The first-order valence-electron chi connectivity index (χ1n) is 9.54. The summed E-state index contributed by atoms with van der Waals surface area (Å²) < 4.78 is 41.2. The van der Waals surface area contributed by atoms with Crippen LogP contribution < -0.4 is 9.80 Å². The van der Waals surface area contributed by atoms with Crippen molar-refractivity contribution in [2.75, 3.05) is 36.0 Å². The van der Waals surface area contributed by atoms with Crippen molar-refractivity contribution in [3.05, 3.63) is 72.4 Å². The van der Waals surface area contributed by atoms with Gasteiger partial charge in [-0.3, -0.25) is 0 Å². The van der Waals surface area contributed by atoms with Gasteiger partial charge in [-0.1, -0.05) is 18.2 Å². The summed E-state index contributed by atoms with van der Waals surface area (Å²) in [5.74, 6) is 0.914. The van der Waals surface area contributed by atoms with Gasteiger partial charge in [0.15, 0.2) is 5.82 Å². The van der Waals surface area contributed by atoms with Gasteiger partial charge in [0.2, 0.25) is 0 Å². The molecule has 5 rings (SSSR count). The van der Waals surface area contributed by atoms with Crippen LogP contribution in [0.25, 0.3) is 16.6 Å². The van der Waals surface area contributed by atoms with Crippen LogP contribution in [-0.2, 0) is 6.18 Å². The molecule has 29 heavy (non-hydrogen) atoms. The van der Waals surface area contributed by atoms with Crippen LogP contribution in [0.2, 0.25) is 0 Å². The molecule has 0 aliphatic carbocycles. The van der Waals surface area contributed by atoms with Gasteiger partial charge in [-0.2, -0.15) is 13.2 Å². The van der Waals surface area contributed by atoms with Crippen molar-refractivity contribution in [3.8, 4) is 0 Å². The summed E-state index contributed by atoms with van der Waals surface area (Å²) in [7, 11) is 0. The molecule has 2 aromatic carbocycles. The van der Waals surface area contributed by atoms with Gasteiger partial charge in [0, 0.05) is 38.1 Å². The molecule has 0 atom stereocenters. The van der Waals surface area contributed by atoms with Crippen LogP contribution in [0, 0.1) is 0 Å². The Hall–Kier alpha value is -3.22. The van der Waals surface area contributed by atoms with E-state index in [0.717, 1.165) is 28.4 Å². The number of nitrogens with zero attached hydrogens (tertiary/aromatic N) is 4. The van der Waals surface area contributed by atoms with Gasteiger partial charge in [0.25, 0.3) is 0 Å². The lowest BCUT2D eigenvalue weighted by Crippen LogP contribution is -2.47. The number of aromatic nitrogens is 2. The second-order valence-electron chi connectivity index (χ2n) is 7.21. The van der Waals surface area contributed by atoms with Crippen molar-refractivity contribution < 1.29 is 13.2 Å². The van der Waals surface area contributed by atoms with E-state index in [1.54, 1.807) is 6.07 Å². The number of anilines is 2. The maximum absolute atomic E-state index is 13.0. The molecule has 0 amide bonds. The van der Waals surface area contributed by atoms with Crippen LogP contribution >= 0.6 is 0 Å². The van der Waals surface area contributed by atoms with E-state index in [9.17, 15) is 13.2 Å². The number of alkyl halides is 3. The highest BCUT2D eigenvalue weighted by Gasteiger charge is 2.31. The number of para-hydroxylation sites is 2. The molecule has 0 saturated carbocycles. The number of halogens is 3. The molecule has 4 aromatic rings. The Morgan fingerprint density at radius 1 is 0.759 bits per heavy atom. The molecule has 1 aliphatic rings.